The largest absolute Gasteiger partial charge is 0.299 e. The molecule has 0 N–H and O–H groups in total. The number of nitrogens with zero attached hydrogens (tertiary/aromatic N) is 2. The van der Waals surface area contributed by atoms with Crippen LogP contribution in [0.4, 0.5) is 0 Å². The summed E-state index contributed by atoms with van der Waals surface area (Å²) in [5, 5.41) is 4.10. The van der Waals surface area contributed by atoms with E-state index in [9.17, 15) is 4.79 Å². The summed E-state index contributed by atoms with van der Waals surface area (Å²) in [7, 11) is 1.91. The Morgan fingerprint density at radius 2 is 2.54 bits per heavy atom. The summed E-state index contributed by atoms with van der Waals surface area (Å²) in [6.45, 7) is 1.93. The number of aromatic nitrogens is 2. The first-order valence-electron chi connectivity index (χ1n) is 4.73. The number of Topliss-reactive ketones (excluding diaryl/α,β-unsaturated/α-hetero) is 1. The van der Waals surface area contributed by atoms with E-state index in [-0.39, 0.29) is 5.92 Å². The molecular formula is C10H14N2O. The number of ketones is 1. The van der Waals surface area contributed by atoms with Crippen LogP contribution in [0.1, 0.15) is 31.2 Å². The van der Waals surface area contributed by atoms with Crippen molar-refractivity contribution in [1.29, 1.82) is 0 Å². The maximum Gasteiger partial charge on any atom is 0.136 e. The number of carbonyl (C=O) groups excluding carboxylic acids is 1. The first kappa shape index (κ1) is 8.48. The first-order chi connectivity index (χ1) is 6.22. The quantitative estimate of drug-likeness (QED) is 0.703. The van der Waals surface area contributed by atoms with Gasteiger partial charge in [0.05, 0.1) is 6.20 Å². The van der Waals surface area contributed by atoms with Crippen molar-refractivity contribution in [3.63, 3.8) is 0 Å². The minimum atomic E-state index is 0.286. The Kier molecular flexibility index (Phi) is 1.94. The van der Waals surface area contributed by atoms with Crippen molar-refractivity contribution in [2.24, 2.45) is 13.0 Å². The van der Waals surface area contributed by atoms with Crippen LogP contribution in [0.15, 0.2) is 12.4 Å². The first-order valence-corrected chi connectivity index (χ1v) is 4.73. The van der Waals surface area contributed by atoms with Crippen molar-refractivity contribution in [2.75, 3.05) is 0 Å². The molecule has 1 heterocycles. The monoisotopic (exact) mass is 178 g/mol. The molecule has 0 saturated heterocycles. The van der Waals surface area contributed by atoms with Crippen molar-refractivity contribution in [3.8, 4) is 0 Å². The highest BCUT2D eigenvalue weighted by Gasteiger charge is 2.43. The fourth-order valence-electron chi connectivity index (χ4n) is 1.81. The Bertz CT molecular complexity index is 329. The van der Waals surface area contributed by atoms with E-state index in [4.69, 9.17) is 0 Å². The van der Waals surface area contributed by atoms with Gasteiger partial charge < -0.3 is 0 Å². The van der Waals surface area contributed by atoms with E-state index in [1.165, 1.54) is 5.56 Å². The van der Waals surface area contributed by atoms with Gasteiger partial charge in [0.2, 0.25) is 0 Å². The summed E-state index contributed by atoms with van der Waals surface area (Å²) in [6.07, 6.45) is 5.57. The summed E-state index contributed by atoms with van der Waals surface area (Å²) >= 11 is 0. The molecule has 70 valence electrons. The van der Waals surface area contributed by atoms with Crippen molar-refractivity contribution >= 4 is 5.78 Å². The molecule has 1 aromatic rings. The van der Waals surface area contributed by atoms with Crippen LogP contribution in [0.5, 0.6) is 0 Å². The van der Waals surface area contributed by atoms with Crippen molar-refractivity contribution in [3.05, 3.63) is 18.0 Å². The Morgan fingerprint density at radius 3 is 3.08 bits per heavy atom. The number of carbonyl (C=O) groups is 1. The van der Waals surface area contributed by atoms with Crippen LogP contribution in [-0.4, -0.2) is 15.6 Å². The number of aryl methyl sites for hydroxylation is 1. The third-order valence-electron chi connectivity index (χ3n) is 2.71. The van der Waals surface area contributed by atoms with Gasteiger partial charge in [0.15, 0.2) is 0 Å². The summed E-state index contributed by atoms with van der Waals surface area (Å²) in [4.78, 5) is 11.3. The van der Waals surface area contributed by atoms with Crippen LogP contribution in [0.25, 0.3) is 0 Å². The number of hydrogen-bond donors (Lipinski definition) is 0. The molecule has 1 fully saturated rings. The maximum atomic E-state index is 11.3. The van der Waals surface area contributed by atoms with Gasteiger partial charge in [-0.3, -0.25) is 9.48 Å². The Hall–Kier alpha value is -1.12. The van der Waals surface area contributed by atoms with E-state index in [0.29, 0.717) is 18.1 Å². The lowest BCUT2D eigenvalue weighted by Gasteiger charge is -1.93. The molecule has 1 aliphatic rings. The standard InChI is InChI=1S/C10H14N2O/c1-3-10(13)9-4-8(9)7-5-11-12(2)6-7/h5-6,8-9H,3-4H2,1-2H3/t8-,9+/m0/s1. The van der Waals surface area contributed by atoms with Gasteiger partial charge in [0.1, 0.15) is 5.78 Å². The van der Waals surface area contributed by atoms with E-state index in [1.807, 2.05) is 26.4 Å². The van der Waals surface area contributed by atoms with Gasteiger partial charge in [0.25, 0.3) is 0 Å². The Labute approximate surface area is 77.7 Å². The van der Waals surface area contributed by atoms with E-state index in [1.54, 1.807) is 4.68 Å². The molecule has 13 heavy (non-hydrogen) atoms. The van der Waals surface area contributed by atoms with Crippen LogP contribution in [0.3, 0.4) is 0 Å². The highest BCUT2D eigenvalue weighted by molar-refractivity contribution is 5.84. The number of hydrogen-bond acceptors (Lipinski definition) is 2. The molecule has 2 atom stereocenters. The zero-order chi connectivity index (χ0) is 9.42. The van der Waals surface area contributed by atoms with E-state index in [0.717, 1.165) is 6.42 Å². The molecule has 2 rings (SSSR count). The van der Waals surface area contributed by atoms with Crippen LogP contribution >= 0.6 is 0 Å². The minimum absolute atomic E-state index is 0.286. The predicted molar refractivity (Wildman–Crippen MR) is 49.4 cm³/mol. The van der Waals surface area contributed by atoms with Crippen molar-refractivity contribution in [1.82, 2.24) is 9.78 Å². The molecule has 0 unspecified atom stereocenters. The molecule has 0 bridgehead atoms. The Balaban J connectivity index is 2.04. The van der Waals surface area contributed by atoms with Crippen LogP contribution in [0, 0.1) is 5.92 Å². The summed E-state index contributed by atoms with van der Waals surface area (Å²) in [6, 6.07) is 0. The molecule has 0 aromatic carbocycles. The average molecular weight is 178 g/mol. The highest BCUT2D eigenvalue weighted by atomic mass is 16.1. The van der Waals surface area contributed by atoms with Crippen molar-refractivity contribution < 1.29 is 4.79 Å². The zero-order valence-electron chi connectivity index (χ0n) is 8.03. The van der Waals surface area contributed by atoms with E-state index >= 15 is 0 Å². The summed E-state index contributed by atoms with van der Waals surface area (Å²) in [5.74, 6) is 1.14. The van der Waals surface area contributed by atoms with Gasteiger partial charge >= 0.3 is 0 Å². The van der Waals surface area contributed by atoms with Gasteiger partial charge in [-0.2, -0.15) is 5.10 Å². The molecule has 1 aliphatic carbocycles. The molecule has 0 spiro atoms. The van der Waals surface area contributed by atoms with Crippen LogP contribution < -0.4 is 0 Å². The van der Waals surface area contributed by atoms with E-state index < -0.39 is 0 Å². The summed E-state index contributed by atoms with van der Waals surface area (Å²) in [5.41, 5.74) is 1.22. The Morgan fingerprint density at radius 1 is 1.77 bits per heavy atom. The van der Waals surface area contributed by atoms with Gasteiger partial charge in [-0.1, -0.05) is 6.92 Å². The molecular weight excluding hydrogens is 164 g/mol. The van der Waals surface area contributed by atoms with Gasteiger partial charge in [-0.15, -0.1) is 0 Å². The average Bonchev–Trinajstić information content (AvgIpc) is 2.82. The van der Waals surface area contributed by atoms with Crippen LogP contribution in [-0.2, 0) is 11.8 Å². The lowest BCUT2D eigenvalue weighted by atomic mass is 10.1. The molecule has 3 nitrogen and oxygen atoms in total. The third-order valence-corrected chi connectivity index (χ3v) is 2.71. The highest BCUT2D eigenvalue weighted by Crippen LogP contribution is 2.48. The zero-order valence-corrected chi connectivity index (χ0v) is 8.03. The topological polar surface area (TPSA) is 34.9 Å². The second kappa shape index (κ2) is 2.98. The smallest absolute Gasteiger partial charge is 0.136 e. The SMILES string of the molecule is CCC(=O)[C@@H]1C[C@H]1c1cnn(C)c1. The maximum absolute atomic E-state index is 11.3. The second-order valence-electron chi connectivity index (χ2n) is 3.72. The third kappa shape index (κ3) is 1.50. The lowest BCUT2D eigenvalue weighted by molar-refractivity contribution is -0.120. The van der Waals surface area contributed by atoms with E-state index in [2.05, 4.69) is 5.10 Å². The molecule has 0 radical (unpaired) electrons. The second-order valence-corrected chi connectivity index (χ2v) is 3.72. The molecule has 1 aromatic heterocycles. The lowest BCUT2D eigenvalue weighted by Crippen LogP contribution is -1.98. The molecule has 1 saturated carbocycles. The van der Waals surface area contributed by atoms with Gasteiger partial charge in [-0.25, -0.2) is 0 Å². The van der Waals surface area contributed by atoms with Gasteiger partial charge in [-0.05, 0) is 17.9 Å². The predicted octanol–water partition coefficient (Wildman–Crippen LogP) is 1.50. The normalized spacial score (nSPS) is 26.0. The fraction of sp³-hybridized carbons (Fsp3) is 0.600. The summed E-state index contributed by atoms with van der Waals surface area (Å²) < 4.78 is 1.79. The number of rotatable bonds is 3. The van der Waals surface area contributed by atoms with Crippen molar-refractivity contribution in [2.45, 2.75) is 25.7 Å². The fourth-order valence-corrected chi connectivity index (χ4v) is 1.81. The van der Waals surface area contributed by atoms with Crippen LogP contribution in [0.2, 0.25) is 0 Å². The molecule has 0 aliphatic heterocycles. The van der Waals surface area contributed by atoms with Gasteiger partial charge in [0, 0.05) is 25.6 Å². The molecule has 3 heteroatoms. The minimum Gasteiger partial charge on any atom is -0.299 e. The molecule has 0 amide bonds.